The highest BCUT2D eigenvalue weighted by molar-refractivity contribution is 7.17. The summed E-state index contributed by atoms with van der Waals surface area (Å²) in [6, 6.07) is 13.0. The number of hydrogen-bond donors (Lipinski definition) is 0. The van der Waals surface area contributed by atoms with Gasteiger partial charge in [0, 0.05) is 11.9 Å². The summed E-state index contributed by atoms with van der Waals surface area (Å²) in [6.07, 6.45) is 0. The number of ketones is 1. The standard InChI is InChI=1S/C23H15ClN2O4S/c1-11-21(12(2)27)31-23(25-11)26-18(13-7-9-14(24)10-8-13)17-19(28)15-5-3-4-6-16(15)30-20(17)22(26)29/h3-10,18H,1-2H3. The molecule has 0 aliphatic carbocycles. The zero-order valence-corrected chi connectivity index (χ0v) is 18.1. The van der Waals surface area contributed by atoms with Gasteiger partial charge in [-0.3, -0.25) is 19.3 Å². The molecule has 0 N–H and O–H groups in total. The van der Waals surface area contributed by atoms with Gasteiger partial charge in [-0.05, 0) is 36.8 Å². The Balaban J connectivity index is 1.80. The summed E-state index contributed by atoms with van der Waals surface area (Å²) in [7, 11) is 0. The number of halogens is 1. The molecule has 6 nitrogen and oxygen atoms in total. The average Bonchev–Trinajstić information content (AvgIpc) is 3.27. The number of aromatic nitrogens is 1. The molecular formula is C23H15ClN2O4S. The van der Waals surface area contributed by atoms with E-state index in [1.165, 1.54) is 11.8 Å². The van der Waals surface area contributed by atoms with Crippen molar-refractivity contribution in [2.24, 2.45) is 0 Å². The van der Waals surface area contributed by atoms with Crippen LogP contribution in [-0.4, -0.2) is 16.7 Å². The van der Waals surface area contributed by atoms with Gasteiger partial charge < -0.3 is 4.42 Å². The van der Waals surface area contributed by atoms with E-state index >= 15 is 0 Å². The van der Waals surface area contributed by atoms with Crippen LogP contribution in [0.2, 0.25) is 5.02 Å². The predicted octanol–water partition coefficient (Wildman–Crippen LogP) is 5.16. The molecule has 1 unspecified atom stereocenters. The van der Waals surface area contributed by atoms with Gasteiger partial charge in [0.05, 0.1) is 27.6 Å². The maximum atomic E-state index is 13.5. The van der Waals surface area contributed by atoms with E-state index in [0.717, 1.165) is 11.3 Å². The van der Waals surface area contributed by atoms with Crippen molar-refractivity contribution in [3.05, 3.63) is 91.2 Å². The third-order valence-electron chi connectivity index (χ3n) is 5.27. The van der Waals surface area contributed by atoms with Gasteiger partial charge in [0.2, 0.25) is 5.76 Å². The van der Waals surface area contributed by atoms with E-state index in [-0.39, 0.29) is 22.5 Å². The molecule has 0 bridgehead atoms. The molecule has 1 amide bonds. The number of carbonyl (C=O) groups is 2. The third-order valence-corrected chi connectivity index (χ3v) is 6.78. The van der Waals surface area contributed by atoms with Crippen LogP contribution in [0.4, 0.5) is 5.13 Å². The molecule has 154 valence electrons. The number of fused-ring (bicyclic) bond motifs is 2. The number of hydrogen-bond acceptors (Lipinski definition) is 6. The van der Waals surface area contributed by atoms with Crippen molar-refractivity contribution in [1.82, 2.24) is 4.98 Å². The lowest BCUT2D eigenvalue weighted by Gasteiger charge is -2.22. The van der Waals surface area contributed by atoms with E-state index in [0.29, 0.717) is 37.3 Å². The summed E-state index contributed by atoms with van der Waals surface area (Å²) in [5, 5.41) is 1.27. The molecule has 0 spiro atoms. The van der Waals surface area contributed by atoms with Crippen LogP contribution in [-0.2, 0) is 0 Å². The van der Waals surface area contributed by atoms with Crippen molar-refractivity contribution in [1.29, 1.82) is 0 Å². The van der Waals surface area contributed by atoms with E-state index in [9.17, 15) is 14.4 Å². The normalized spacial score (nSPS) is 15.5. The van der Waals surface area contributed by atoms with E-state index in [1.807, 2.05) is 0 Å². The van der Waals surface area contributed by atoms with E-state index in [2.05, 4.69) is 4.98 Å². The molecular weight excluding hydrogens is 436 g/mol. The molecule has 0 fully saturated rings. The highest BCUT2D eigenvalue weighted by Gasteiger charge is 2.45. The smallest absolute Gasteiger partial charge is 0.297 e. The zero-order chi connectivity index (χ0) is 21.9. The molecule has 8 heteroatoms. The van der Waals surface area contributed by atoms with Crippen molar-refractivity contribution in [3.63, 3.8) is 0 Å². The Labute approximate surface area is 185 Å². The first-order valence-corrected chi connectivity index (χ1v) is 10.7. The van der Waals surface area contributed by atoms with E-state index in [1.54, 1.807) is 55.5 Å². The Morgan fingerprint density at radius 2 is 1.84 bits per heavy atom. The van der Waals surface area contributed by atoms with Crippen molar-refractivity contribution >= 4 is 50.7 Å². The average molecular weight is 451 g/mol. The van der Waals surface area contributed by atoms with E-state index in [4.69, 9.17) is 16.0 Å². The molecule has 2 aromatic heterocycles. The van der Waals surface area contributed by atoms with Crippen LogP contribution in [0, 0.1) is 6.92 Å². The summed E-state index contributed by atoms with van der Waals surface area (Å²) >= 11 is 7.19. The molecule has 0 radical (unpaired) electrons. The minimum Gasteiger partial charge on any atom is -0.450 e. The number of amides is 1. The van der Waals surface area contributed by atoms with E-state index < -0.39 is 11.9 Å². The number of carbonyl (C=O) groups excluding carboxylic acids is 2. The molecule has 3 heterocycles. The fourth-order valence-corrected chi connectivity index (χ4v) is 5.00. The number of anilines is 1. The first-order valence-electron chi connectivity index (χ1n) is 9.50. The van der Waals surface area contributed by atoms with Gasteiger partial charge in [0.15, 0.2) is 16.3 Å². The second-order valence-electron chi connectivity index (χ2n) is 7.27. The van der Waals surface area contributed by atoms with Gasteiger partial charge in [-0.2, -0.15) is 0 Å². The molecule has 31 heavy (non-hydrogen) atoms. The molecule has 4 aromatic rings. The van der Waals surface area contributed by atoms with Crippen LogP contribution in [0.15, 0.2) is 57.7 Å². The van der Waals surface area contributed by atoms with Crippen molar-refractivity contribution in [3.8, 4) is 0 Å². The second-order valence-corrected chi connectivity index (χ2v) is 8.68. The summed E-state index contributed by atoms with van der Waals surface area (Å²) < 4.78 is 5.90. The third kappa shape index (κ3) is 3.00. The SMILES string of the molecule is CC(=O)c1sc(N2C(=O)c3oc4ccccc4c(=O)c3C2c2ccc(Cl)cc2)nc1C. The Bertz CT molecular complexity index is 1440. The minimum absolute atomic E-state index is 0.0131. The predicted molar refractivity (Wildman–Crippen MR) is 119 cm³/mol. The maximum Gasteiger partial charge on any atom is 0.297 e. The lowest BCUT2D eigenvalue weighted by atomic mass is 9.99. The van der Waals surface area contributed by atoms with Crippen molar-refractivity contribution in [2.45, 2.75) is 19.9 Å². The first-order chi connectivity index (χ1) is 14.9. The topological polar surface area (TPSA) is 80.5 Å². The monoisotopic (exact) mass is 450 g/mol. The van der Waals surface area contributed by atoms with Gasteiger partial charge >= 0.3 is 0 Å². The van der Waals surface area contributed by atoms with Crippen LogP contribution >= 0.6 is 22.9 Å². The molecule has 0 saturated heterocycles. The number of rotatable bonds is 3. The van der Waals surface area contributed by atoms with Gasteiger partial charge in [-0.1, -0.05) is 47.2 Å². The zero-order valence-electron chi connectivity index (χ0n) is 16.5. The Morgan fingerprint density at radius 1 is 1.13 bits per heavy atom. The quantitative estimate of drug-likeness (QED) is 0.402. The number of nitrogens with zero attached hydrogens (tertiary/aromatic N) is 2. The van der Waals surface area contributed by atoms with Crippen LogP contribution in [0.25, 0.3) is 11.0 Å². The molecule has 1 aliphatic rings. The number of benzene rings is 2. The number of Topliss-reactive ketones (excluding diaryl/α,β-unsaturated/α-hetero) is 1. The van der Waals surface area contributed by atoms with Crippen LogP contribution in [0.5, 0.6) is 0 Å². The Hall–Kier alpha value is -3.29. The number of para-hydroxylation sites is 1. The van der Waals surface area contributed by atoms with Crippen LogP contribution in [0.1, 0.15) is 50.0 Å². The first kappa shape index (κ1) is 19.7. The summed E-state index contributed by atoms with van der Waals surface area (Å²) in [5.41, 5.74) is 1.55. The highest BCUT2D eigenvalue weighted by Crippen LogP contribution is 2.43. The largest absolute Gasteiger partial charge is 0.450 e. The fraction of sp³-hybridized carbons (Fsp3) is 0.130. The molecule has 1 atom stereocenters. The fourth-order valence-electron chi connectivity index (χ4n) is 3.89. The maximum absolute atomic E-state index is 13.5. The number of aryl methyl sites for hydroxylation is 1. The van der Waals surface area contributed by atoms with Crippen LogP contribution in [0.3, 0.4) is 0 Å². The van der Waals surface area contributed by atoms with Crippen LogP contribution < -0.4 is 10.3 Å². The van der Waals surface area contributed by atoms with Gasteiger partial charge in [-0.25, -0.2) is 4.98 Å². The summed E-state index contributed by atoms with van der Waals surface area (Å²) in [5.74, 6) is -0.615. The Morgan fingerprint density at radius 3 is 2.52 bits per heavy atom. The van der Waals surface area contributed by atoms with Crippen molar-refractivity contribution < 1.29 is 14.0 Å². The van der Waals surface area contributed by atoms with Gasteiger partial charge in [0.25, 0.3) is 5.91 Å². The lowest BCUT2D eigenvalue weighted by molar-refractivity contribution is 0.0969. The molecule has 1 aliphatic heterocycles. The highest BCUT2D eigenvalue weighted by atomic mass is 35.5. The number of thiazole rings is 1. The molecule has 2 aromatic carbocycles. The Kier molecular flexibility index (Phi) is 4.53. The van der Waals surface area contributed by atoms with Gasteiger partial charge in [0.1, 0.15) is 5.58 Å². The lowest BCUT2D eigenvalue weighted by Crippen LogP contribution is -2.29. The minimum atomic E-state index is -0.744. The molecule has 5 rings (SSSR count). The summed E-state index contributed by atoms with van der Waals surface area (Å²) in [6.45, 7) is 3.18. The molecule has 0 saturated carbocycles. The van der Waals surface area contributed by atoms with Crippen molar-refractivity contribution in [2.75, 3.05) is 4.90 Å². The van der Waals surface area contributed by atoms with Gasteiger partial charge in [-0.15, -0.1) is 0 Å². The summed E-state index contributed by atoms with van der Waals surface area (Å²) in [4.78, 5) is 45.3. The second kappa shape index (κ2) is 7.14.